The summed E-state index contributed by atoms with van der Waals surface area (Å²) >= 11 is 1.44. The summed E-state index contributed by atoms with van der Waals surface area (Å²) in [7, 11) is 0. The molecule has 2 aliphatic rings. The van der Waals surface area contributed by atoms with Crippen molar-refractivity contribution in [3.8, 4) is 5.69 Å². The highest BCUT2D eigenvalue weighted by Crippen LogP contribution is 2.41. The molecule has 1 aliphatic carbocycles. The minimum atomic E-state index is -0.568. The number of rotatable bonds is 2. The lowest BCUT2D eigenvalue weighted by molar-refractivity contribution is 0.294. The van der Waals surface area contributed by atoms with Gasteiger partial charge in [0.2, 0.25) is 0 Å². The minimum absolute atomic E-state index is 0.518. The first kappa shape index (κ1) is 14.3. The molecule has 5 rings (SSSR count). The van der Waals surface area contributed by atoms with E-state index in [4.69, 9.17) is 9.97 Å². The lowest BCUT2D eigenvalue weighted by Crippen LogP contribution is -2.15. The molecule has 3 heterocycles. The standard InChI is InChI=1S/C18H18N4OS/c1-10-5-7-14-17(19-10)22(16(20-14)11-3-2-4-11)12-6-8-13-15(9-12)24-18(23)21-13/h5-9,11,18,21,23H,2-4H2,1H3. The lowest BCUT2D eigenvalue weighted by Gasteiger charge is -2.25. The number of pyridine rings is 1. The van der Waals surface area contributed by atoms with Crippen molar-refractivity contribution >= 4 is 28.6 Å². The van der Waals surface area contributed by atoms with E-state index < -0.39 is 5.56 Å². The molecule has 122 valence electrons. The maximum atomic E-state index is 9.79. The van der Waals surface area contributed by atoms with Crippen molar-refractivity contribution in [1.82, 2.24) is 14.5 Å². The number of thioether (sulfide) groups is 1. The summed E-state index contributed by atoms with van der Waals surface area (Å²) < 4.78 is 2.21. The number of aliphatic hydroxyl groups excluding tert-OH is 1. The molecular formula is C18H18N4OS. The maximum absolute atomic E-state index is 9.79. The molecule has 3 aromatic rings. The Hall–Kier alpha value is -2.05. The third-order valence-electron chi connectivity index (χ3n) is 4.88. The third kappa shape index (κ3) is 2.13. The average Bonchev–Trinajstić information content (AvgIpc) is 3.03. The summed E-state index contributed by atoms with van der Waals surface area (Å²) in [6, 6.07) is 10.3. The first-order valence-electron chi connectivity index (χ1n) is 8.31. The van der Waals surface area contributed by atoms with Gasteiger partial charge in [-0.05, 0) is 50.1 Å². The van der Waals surface area contributed by atoms with E-state index in [0.29, 0.717) is 5.92 Å². The van der Waals surface area contributed by atoms with Crippen LogP contribution in [-0.2, 0) is 0 Å². The Bertz CT molecular complexity index is 948. The molecule has 0 amide bonds. The van der Waals surface area contributed by atoms with Crippen LogP contribution < -0.4 is 5.32 Å². The van der Waals surface area contributed by atoms with Crippen molar-refractivity contribution in [2.45, 2.75) is 42.6 Å². The van der Waals surface area contributed by atoms with E-state index in [1.165, 1.54) is 31.0 Å². The SMILES string of the molecule is Cc1ccc2nc(C3CCC3)n(-c3ccc4c(c3)SC(O)N4)c2n1. The van der Waals surface area contributed by atoms with Crippen LogP contribution in [0.15, 0.2) is 35.2 Å². The molecule has 1 unspecified atom stereocenters. The van der Waals surface area contributed by atoms with Crippen molar-refractivity contribution in [3.05, 3.63) is 41.9 Å². The first-order chi connectivity index (χ1) is 11.7. The van der Waals surface area contributed by atoms with E-state index in [2.05, 4.69) is 28.1 Å². The zero-order chi connectivity index (χ0) is 16.3. The van der Waals surface area contributed by atoms with Gasteiger partial charge in [0.1, 0.15) is 11.3 Å². The van der Waals surface area contributed by atoms with Gasteiger partial charge >= 0.3 is 0 Å². The van der Waals surface area contributed by atoms with Gasteiger partial charge in [-0.25, -0.2) is 9.97 Å². The number of aromatic nitrogens is 3. The molecule has 1 aliphatic heterocycles. The van der Waals surface area contributed by atoms with Crippen LogP contribution in [0.4, 0.5) is 5.69 Å². The molecule has 6 heteroatoms. The molecule has 24 heavy (non-hydrogen) atoms. The fraction of sp³-hybridized carbons (Fsp3) is 0.333. The quantitative estimate of drug-likeness (QED) is 0.744. The van der Waals surface area contributed by atoms with Gasteiger partial charge in [0, 0.05) is 16.5 Å². The molecule has 2 N–H and O–H groups in total. The molecule has 2 aromatic heterocycles. The predicted molar refractivity (Wildman–Crippen MR) is 95.7 cm³/mol. The molecule has 5 nitrogen and oxygen atoms in total. The number of nitrogens with one attached hydrogen (secondary N) is 1. The van der Waals surface area contributed by atoms with Crippen molar-refractivity contribution in [3.63, 3.8) is 0 Å². The Kier molecular flexibility index (Phi) is 3.11. The molecule has 1 aromatic carbocycles. The molecule has 0 spiro atoms. The Labute approximate surface area is 144 Å². The monoisotopic (exact) mass is 338 g/mol. The molecule has 0 bridgehead atoms. The largest absolute Gasteiger partial charge is 0.364 e. The number of imidazole rings is 1. The highest BCUT2D eigenvalue weighted by molar-refractivity contribution is 8.00. The highest BCUT2D eigenvalue weighted by Gasteiger charge is 2.28. The number of benzene rings is 1. The number of hydrogen-bond acceptors (Lipinski definition) is 5. The molecule has 0 saturated heterocycles. The average molecular weight is 338 g/mol. The van der Waals surface area contributed by atoms with Gasteiger partial charge in [0.05, 0.1) is 11.4 Å². The number of hydrogen-bond donors (Lipinski definition) is 2. The van der Waals surface area contributed by atoms with E-state index in [0.717, 1.165) is 39.0 Å². The van der Waals surface area contributed by atoms with Crippen LogP contribution in [0.1, 0.15) is 36.7 Å². The van der Waals surface area contributed by atoms with E-state index in [9.17, 15) is 5.11 Å². The van der Waals surface area contributed by atoms with Crippen LogP contribution in [-0.4, -0.2) is 25.2 Å². The number of nitrogens with zero attached hydrogens (tertiary/aromatic N) is 3. The zero-order valence-electron chi connectivity index (χ0n) is 13.4. The minimum Gasteiger partial charge on any atom is -0.364 e. The van der Waals surface area contributed by atoms with Crippen molar-refractivity contribution in [2.75, 3.05) is 5.32 Å². The Balaban J connectivity index is 1.73. The topological polar surface area (TPSA) is 63.0 Å². The van der Waals surface area contributed by atoms with Crippen molar-refractivity contribution in [2.24, 2.45) is 0 Å². The van der Waals surface area contributed by atoms with Crippen LogP contribution >= 0.6 is 11.8 Å². The first-order valence-corrected chi connectivity index (χ1v) is 9.19. The van der Waals surface area contributed by atoms with Crippen LogP contribution in [0, 0.1) is 6.92 Å². The van der Waals surface area contributed by atoms with E-state index in [1.807, 2.05) is 19.1 Å². The molecular weight excluding hydrogens is 320 g/mol. The molecule has 0 radical (unpaired) electrons. The number of fused-ring (bicyclic) bond motifs is 2. The van der Waals surface area contributed by atoms with Gasteiger partial charge in [-0.2, -0.15) is 0 Å². The number of anilines is 1. The Morgan fingerprint density at radius 3 is 2.88 bits per heavy atom. The maximum Gasteiger partial charge on any atom is 0.178 e. The Morgan fingerprint density at radius 1 is 1.21 bits per heavy atom. The van der Waals surface area contributed by atoms with Gasteiger partial charge in [0.25, 0.3) is 0 Å². The van der Waals surface area contributed by atoms with Gasteiger partial charge in [-0.15, -0.1) is 0 Å². The normalized spacial score (nSPS) is 20.0. The fourth-order valence-electron chi connectivity index (χ4n) is 3.41. The summed E-state index contributed by atoms with van der Waals surface area (Å²) in [6.07, 6.45) is 3.67. The van der Waals surface area contributed by atoms with Gasteiger partial charge in [-0.1, -0.05) is 18.2 Å². The van der Waals surface area contributed by atoms with E-state index in [-0.39, 0.29) is 0 Å². The highest BCUT2D eigenvalue weighted by atomic mass is 32.2. The van der Waals surface area contributed by atoms with Crippen LogP contribution in [0.2, 0.25) is 0 Å². The lowest BCUT2D eigenvalue weighted by atomic mass is 9.85. The fourth-order valence-corrected chi connectivity index (χ4v) is 4.28. The second-order valence-corrected chi connectivity index (χ2v) is 7.65. The summed E-state index contributed by atoms with van der Waals surface area (Å²) in [4.78, 5) is 10.7. The van der Waals surface area contributed by atoms with Gasteiger partial charge in [-0.3, -0.25) is 4.57 Å². The smallest absolute Gasteiger partial charge is 0.178 e. The van der Waals surface area contributed by atoms with Crippen LogP contribution in [0.25, 0.3) is 16.9 Å². The molecule has 1 fully saturated rings. The van der Waals surface area contributed by atoms with Crippen molar-refractivity contribution < 1.29 is 5.11 Å². The predicted octanol–water partition coefficient (Wildman–Crippen LogP) is 3.79. The molecule has 1 atom stereocenters. The van der Waals surface area contributed by atoms with E-state index >= 15 is 0 Å². The van der Waals surface area contributed by atoms with Crippen LogP contribution in [0.3, 0.4) is 0 Å². The summed E-state index contributed by atoms with van der Waals surface area (Å²) in [5.41, 5.74) is 4.36. The van der Waals surface area contributed by atoms with Crippen LogP contribution in [0.5, 0.6) is 0 Å². The van der Waals surface area contributed by atoms with Gasteiger partial charge in [0.15, 0.2) is 11.2 Å². The third-order valence-corrected chi connectivity index (χ3v) is 5.81. The summed E-state index contributed by atoms with van der Waals surface area (Å²) in [5, 5.41) is 12.8. The zero-order valence-corrected chi connectivity index (χ0v) is 14.2. The summed E-state index contributed by atoms with van der Waals surface area (Å²) in [6.45, 7) is 2.01. The summed E-state index contributed by atoms with van der Waals surface area (Å²) in [5.74, 6) is 1.63. The number of aryl methyl sites for hydroxylation is 1. The van der Waals surface area contributed by atoms with Crippen molar-refractivity contribution in [1.29, 1.82) is 0 Å². The van der Waals surface area contributed by atoms with E-state index in [1.54, 1.807) is 0 Å². The second kappa shape index (κ2) is 5.22. The molecule has 1 saturated carbocycles. The number of aliphatic hydroxyl groups is 1. The second-order valence-electron chi connectivity index (χ2n) is 6.52. The van der Waals surface area contributed by atoms with Gasteiger partial charge < -0.3 is 10.4 Å². The Morgan fingerprint density at radius 2 is 2.08 bits per heavy atom.